The molecular formula is C15H14FN3O2. The molecule has 0 fully saturated rings. The van der Waals surface area contributed by atoms with Gasteiger partial charge in [0.1, 0.15) is 5.82 Å². The fourth-order valence-corrected chi connectivity index (χ4v) is 1.79. The molecule has 0 spiro atoms. The average molecular weight is 287 g/mol. The maximum Gasteiger partial charge on any atom is 0.248 e. The van der Waals surface area contributed by atoms with E-state index < -0.39 is 17.6 Å². The smallest absolute Gasteiger partial charge is 0.248 e. The highest BCUT2D eigenvalue weighted by atomic mass is 19.1. The summed E-state index contributed by atoms with van der Waals surface area (Å²) in [5, 5.41) is 2.42. The Bertz CT molecular complexity index is 684. The highest BCUT2D eigenvalue weighted by molar-refractivity contribution is 5.96. The number of hydrogen-bond donors (Lipinski definition) is 3. The number of nitrogen functional groups attached to an aromatic ring is 1. The first-order valence-corrected chi connectivity index (χ1v) is 6.19. The maximum absolute atomic E-state index is 13.6. The largest absolute Gasteiger partial charge is 0.399 e. The fraction of sp³-hybridized carbons (Fsp3) is 0.0667. The highest BCUT2D eigenvalue weighted by Crippen LogP contribution is 2.16. The van der Waals surface area contributed by atoms with Crippen molar-refractivity contribution in [1.29, 1.82) is 0 Å². The second kappa shape index (κ2) is 6.04. The molecule has 0 unspecified atom stereocenters. The average Bonchev–Trinajstić information content (AvgIpc) is 2.43. The fourth-order valence-electron chi connectivity index (χ4n) is 1.79. The lowest BCUT2D eigenvalue weighted by Crippen LogP contribution is -2.17. The summed E-state index contributed by atoms with van der Waals surface area (Å²) in [6.07, 6.45) is 0.0700. The minimum absolute atomic E-state index is 0.0700. The molecule has 0 aliphatic carbocycles. The van der Waals surface area contributed by atoms with Crippen LogP contribution in [0, 0.1) is 5.82 Å². The number of rotatable bonds is 4. The molecule has 2 aromatic rings. The number of amides is 2. The van der Waals surface area contributed by atoms with Crippen LogP contribution >= 0.6 is 0 Å². The molecule has 0 aliphatic heterocycles. The number of nitrogens with two attached hydrogens (primary N) is 2. The van der Waals surface area contributed by atoms with Crippen LogP contribution < -0.4 is 16.8 Å². The molecule has 0 radical (unpaired) electrons. The first kappa shape index (κ1) is 14.5. The van der Waals surface area contributed by atoms with Gasteiger partial charge in [-0.1, -0.05) is 12.1 Å². The van der Waals surface area contributed by atoms with Gasteiger partial charge in [0.25, 0.3) is 0 Å². The van der Waals surface area contributed by atoms with Crippen molar-refractivity contribution in [3.05, 3.63) is 59.4 Å². The molecule has 5 N–H and O–H groups in total. The summed E-state index contributed by atoms with van der Waals surface area (Å²) < 4.78 is 13.6. The van der Waals surface area contributed by atoms with Crippen molar-refractivity contribution in [2.45, 2.75) is 6.42 Å². The van der Waals surface area contributed by atoms with Crippen LogP contribution in [0.2, 0.25) is 0 Å². The Morgan fingerprint density at radius 2 is 1.76 bits per heavy atom. The van der Waals surface area contributed by atoms with Crippen LogP contribution in [0.25, 0.3) is 0 Å². The standard InChI is InChI=1S/C15H14FN3O2/c16-12-6-3-10(15(18)21)8-13(12)19-14(20)7-9-1-4-11(17)5-2-9/h1-6,8H,7,17H2,(H2,18,21)(H,19,20). The Kier molecular flexibility index (Phi) is 4.18. The molecule has 0 heterocycles. The summed E-state index contributed by atoms with van der Waals surface area (Å²) in [7, 11) is 0. The lowest BCUT2D eigenvalue weighted by Gasteiger charge is -2.08. The molecule has 2 amide bonds. The lowest BCUT2D eigenvalue weighted by molar-refractivity contribution is -0.115. The molecule has 2 rings (SSSR count). The number of benzene rings is 2. The molecule has 0 saturated heterocycles. The molecule has 0 aliphatic rings. The van der Waals surface area contributed by atoms with Crippen LogP contribution in [0.4, 0.5) is 15.8 Å². The first-order valence-electron chi connectivity index (χ1n) is 6.19. The third-order valence-electron chi connectivity index (χ3n) is 2.87. The van der Waals surface area contributed by atoms with E-state index in [1.807, 2.05) is 0 Å². The van der Waals surface area contributed by atoms with Crippen molar-refractivity contribution in [3.63, 3.8) is 0 Å². The molecule has 0 aromatic heterocycles. The normalized spacial score (nSPS) is 10.1. The quantitative estimate of drug-likeness (QED) is 0.746. The van der Waals surface area contributed by atoms with Gasteiger partial charge in [-0.15, -0.1) is 0 Å². The van der Waals surface area contributed by atoms with Crippen LogP contribution in [0.5, 0.6) is 0 Å². The predicted octanol–water partition coefficient (Wildman–Crippen LogP) is 1.69. The highest BCUT2D eigenvalue weighted by Gasteiger charge is 2.10. The summed E-state index contributed by atoms with van der Waals surface area (Å²) in [6, 6.07) is 10.3. The Hall–Kier alpha value is -2.89. The van der Waals surface area contributed by atoms with E-state index in [2.05, 4.69) is 5.32 Å². The Morgan fingerprint density at radius 3 is 2.38 bits per heavy atom. The summed E-state index contributed by atoms with van der Waals surface area (Å²) in [5.74, 6) is -1.73. The molecule has 108 valence electrons. The Balaban J connectivity index is 2.10. The van der Waals surface area contributed by atoms with Gasteiger partial charge in [-0.05, 0) is 35.9 Å². The van der Waals surface area contributed by atoms with E-state index in [1.165, 1.54) is 12.1 Å². The van der Waals surface area contributed by atoms with E-state index in [9.17, 15) is 14.0 Å². The summed E-state index contributed by atoms with van der Waals surface area (Å²) in [4.78, 5) is 22.9. The van der Waals surface area contributed by atoms with Crippen LogP contribution in [-0.4, -0.2) is 11.8 Å². The summed E-state index contributed by atoms with van der Waals surface area (Å²) in [5.41, 5.74) is 12.1. The first-order chi connectivity index (χ1) is 9.95. The minimum atomic E-state index is -0.691. The van der Waals surface area contributed by atoms with Crippen molar-refractivity contribution in [3.8, 4) is 0 Å². The van der Waals surface area contributed by atoms with E-state index in [0.29, 0.717) is 5.69 Å². The predicted molar refractivity (Wildman–Crippen MR) is 78.1 cm³/mol. The third kappa shape index (κ3) is 3.79. The zero-order valence-corrected chi connectivity index (χ0v) is 11.1. The zero-order valence-electron chi connectivity index (χ0n) is 11.1. The van der Waals surface area contributed by atoms with Crippen molar-refractivity contribution in [2.24, 2.45) is 5.73 Å². The maximum atomic E-state index is 13.6. The molecule has 6 heteroatoms. The number of nitrogens with one attached hydrogen (secondary N) is 1. The van der Waals surface area contributed by atoms with Crippen molar-refractivity contribution < 1.29 is 14.0 Å². The van der Waals surface area contributed by atoms with Gasteiger partial charge < -0.3 is 16.8 Å². The number of primary amides is 1. The number of carbonyl (C=O) groups is 2. The number of anilines is 2. The lowest BCUT2D eigenvalue weighted by atomic mass is 10.1. The SMILES string of the molecule is NC(=O)c1ccc(F)c(NC(=O)Cc2ccc(N)cc2)c1. The van der Waals surface area contributed by atoms with Crippen molar-refractivity contribution >= 4 is 23.2 Å². The second-order valence-corrected chi connectivity index (χ2v) is 4.53. The topological polar surface area (TPSA) is 98.2 Å². The molecule has 0 saturated carbocycles. The van der Waals surface area contributed by atoms with Gasteiger partial charge in [-0.2, -0.15) is 0 Å². The van der Waals surface area contributed by atoms with Gasteiger partial charge in [0.2, 0.25) is 11.8 Å². The third-order valence-corrected chi connectivity index (χ3v) is 2.87. The Morgan fingerprint density at radius 1 is 1.10 bits per heavy atom. The van der Waals surface area contributed by atoms with Crippen LogP contribution in [0.3, 0.4) is 0 Å². The van der Waals surface area contributed by atoms with Crippen molar-refractivity contribution in [1.82, 2.24) is 0 Å². The number of hydrogen-bond acceptors (Lipinski definition) is 3. The molecule has 5 nitrogen and oxygen atoms in total. The van der Waals surface area contributed by atoms with E-state index >= 15 is 0 Å². The molecule has 21 heavy (non-hydrogen) atoms. The summed E-state index contributed by atoms with van der Waals surface area (Å²) >= 11 is 0. The summed E-state index contributed by atoms with van der Waals surface area (Å²) in [6.45, 7) is 0. The van der Waals surface area contributed by atoms with Gasteiger partial charge in [-0.3, -0.25) is 9.59 Å². The van der Waals surface area contributed by atoms with E-state index in [4.69, 9.17) is 11.5 Å². The van der Waals surface area contributed by atoms with Crippen molar-refractivity contribution in [2.75, 3.05) is 11.1 Å². The van der Waals surface area contributed by atoms with Crippen LogP contribution in [0.15, 0.2) is 42.5 Å². The van der Waals surface area contributed by atoms with Gasteiger partial charge in [0.05, 0.1) is 12.1 Å². The second-order valence-electron chi connectivity index (χ2n) is 4.53. The minimum Gasteiger partial charge on any atom is -0.399 e. The monoisotopic (exact) mass is 287 g/mol. The number of halogens is 1. The number of carbonyl (C=O) groups excluding carboxylic acids is 2. The molecular weight excluding hydrogens is 273 g/mol. The van der Waals surface area contributed by atoms with Gasteiger partial charge in [0, 0.05) is 11.3 Å². The van der Waals surface area contributed by atoms with E-state index in [-0.39, 0.29) is 17.7 Å². The Labute approximate surface area is 120 Å². The van der Waals surface area contributed by atoms with Gasteiger partial charge in [0.15, 0.2) is 0 Å². The van der Waals surface area contributed by atoms with E-state index in [1.54, 1.807) is 24.3 Å². The molecule has 0 atom stereocenters. The molecule has 0 bridgehead atoms. The van der Waals surface area contributed by atoms with E-state index in [0.717, 1.165) is 11.6 Å². The van der Waals surface area contributed by atoms with Gasteiger partial charge in [-0.25, -0.2) is 4.39 Å². The van der Waals surface area contributed by atoms with Crippen LogP contribution in [0.1, 0.15) is 15.9 Å². The van der Waals surface area contributed by atoms with Crippen LogP contribution in [-0.2, 0) is 11.2 Å². The molecule has 2 aromatic carbocycles. The zero-order chi connectivity index (χ0) is 15.4. The van der Waals surface area contributed by atoms with Gasteiger partial charge >= 0.3 is 0 Å².